The van der Waals surface area contributed by atoms with Crippen LogP contribution in [0.15, 0.2) is 82.3 Å². The van der Waals surface area contributed by atoms with E-state index in [2.05, 4.69) is 62.3 Å². The lowest BCUT2D eigenvalue weighted by atomic mass is 9.91. The zero-order valence-corrected chi connectivity index (χ0v) is 28.5. The topological polar surface area (TPSA) is 77.7 Å². The van der Waals surface area contributed by atoms with Gasteiger partial charge in [-0.15, -0.1) is 11.8 Å². The number of nitrogens with one attached hydrogen (secondary N) is 2. The van der Waals surface area contributed by atoms with Gasteiger partial charge in [-0.05, 0) is 66.9 Å². The van der Waals surface area contributed by atoms with Crippen molar-refractivity contribution in [2.24, 2.45) is 0 Å². The van der Waals surface area contributed by atoms with Crippen molar-refractivity contribution in [3.8, 4) is 0 Å². The summed E-state index contributed by atoms with van der Waals surface area (Å²) in [7, 11) is 0. The highest BCUT2D eigenvalue weighted by atomic mass is 79.9. The van der Waals surface area contributed by atoms with Crippen molar-refractivity contribution < 1.29 is 14.3 Å². The third-order valence-electron chi connectivity index (χ3n) is 8.78. The molecule has 3 heterocycles. The van der Waals surface area contributed by atoms with Gasteiger partial charge in [0.15, 0.2) is 0 Å². The van der Waals surface area contributed by atoms with Crippen LogP contribution in [0.5, 0.6) is 0 Å². The predicted molar refractivity (Wildman–Crippen MR) is 185 cm³/mol. The molecule has 2 saturated heterocycles. The van der Waals surface area contributed by atoms with E-state index in [1.165, 1.54) is 17.3 Å². The number of H-pyrrole nitrogens is 1. The Morgan fingerprint density at radius 2 is 1.82 bits per heavy atom. The number of ether oxygens (including phenoxy) is 1. The Kier molecular flexibility index (Phi) is 10.2. The molecule has 236 valence electrons. The fraction of sp³-hybridized carbons (Fsp3) is 0.371. The fourth-order valence-corrected chi connectivity index (χ4v) is 8.23. The molecule has 7 nitrogen and oxygen atoms in total. The highest BCUT2D eigenvalue weighted by molar-refractivity contribution is 9.10. The number of likely N-dealkylation sites (tertiary alicyclic amines) is 1. The van der Waals surface area contributed by atoms with Crippen molar-refractivity contribution in [3.05, 3.63) is 99.1 Å². The number of fused-ring (bicyclic) bond motifs is 1. The Bertz CT molecular complexity index is 1640. The van der Waals surface area contributed by atoms with Crippen molar-refractivity contribution in [3.63, 3.8) is 0 Å². The maximum absolute atomic E-state index is 14.6. The van der Waals surface area contributed by atoms with Gasteiger partial charge < -0.3 is 19.9 Å². The van der Waals surface area contributed by atoms with Gasteiger partial charge in [-0.1, -0.05) is 64.8 Å². The SMILES string of the molecule is CCc1ccc(SC2(C(=O)NCCCN3CCOCC3)CC(=O)N(Cc3ccc(Br)cc3)C2c2c[nH]c3cc(Cl)ccc23)cc1. The van der Waals surface area contributed by atoms with E-state index in [-0.39, 0.29) is 18.2 Å². The number of aromatic nitrogens is 1. The molecule has 3 aromatic carbocycles. The number of halogens is 2. The largest absolute Gasteiger partial charge is 0.379 e. The fourth-order valence-electron chi connectivity index (χ4n) is 6.38. The van der Waals surface area contributed by atoms with E-state index >= 15 is 0 Å². The van der Waals surface area contributed by atoms with Gasteiger partial charge >= 0.3 is 0 Å². The van der Waals surface area contributed by atoms with Gasteiger partial charge in [-0.25, -0.2) is 0 Å². The first-order valence-corrected chi connectivity index (χ1v) is 17.5. The number of carbonyl (C=O) groups excluding carboxylic acids is 2. The highest BCUT2D eigenvalue weighted by Gasteiger charge is 2.58. The Balaban J connectivity index is 1.39. The summed E-state index contributed by atoms with van der Waals surface area (Å²) in [6.07, 6.45) is 3.79. The Labute approximate surface area is 282 Å². The van der Waals surface area contributed by atoms with Gasteiger partial charge in [-0.3, -0.25) is 14.5 Å². The second-order valence-corrected chi connectivity index (χ2v) is 14.5. The lowest BCUT2D eigenvalue weighted by Crippen LogP contribution is -2.48. The number of aromatic amines is 1. The van der Waals surface area contributed by atoms with Crippen LogP contribution in [0.2, 0.25) is 5.02 Å². The highest BCUT2D eigenvalue weighted by Crippen LogP contribution is 2.54. The molecule has 2 atom stereocenters. The number of morpholine rings is 1. The zero-order valence-electron chi connectivity index (χ0n) is 25.4. The predicted octanol–water partition coefficient (Wildman–Crippen LogP) is 6.99. The van der Waals surface area contributed by atoms with Gasteiger partial charge in [0.05, 0.1) is 25.7 Å². The van der Waals surface area contributed by atoms with Crippen molar-refractivity contribution in [2.45, 2.75) is 48.4 Å². The lowest BCUT2D eigenvalue weighted by molar-refractivity contribution is -0.129. The molecule has 2 fully saturated rings. The van der Waals surface area contributed by atoms with Crippen LogP contribution in [0, 0.1) is 0 Å². The molecular weight excluding hydrogens is 672 g/mol. The van der Waals surface area contributed by atoms with E-state index in [0.29, 0.717) is 18.1 Å². The monoisotopic (exact) mass is 708 g/mol. The number of carbonyl (C=O) groups is 2. The molecule has 2 N–H and O–H groups in total. The number of thioether (sulfide) groups is 1. The number of hydrogen-bond acceptors (Lipinski definition) is 5. The first-order chi connectivity index (χ1) is 21.9. The van der Waals surface area contributed by atoms with E-state index in [1.54, 1.807) is 0 Å². The lowest BCUT2D eigenvalue weighted by Gasteiger charge is -2.36. The Morgan fingerprint density at radius 1 is 1.09 bits per heavy atom. The number of benzene rings is 3. The third-order valence-corrected chi connectivity index (χ3v) is 11.0. The van der Waals surface area contributed by atoms with E-state index in [4.69, 9.17) is 16.3 Å². The summed E-state index contributed by atoms with van der Waals surface area (Å²) in [6, 6.07) is 21.6. The van der Waals surface area contributed by atoms with Gasteiger partial charge in [-0.2, -0.15) is 0 Å². The molecule has 2 aliphatic rings. The molecule has 2 amide bonds. The summed E-state index contributed by atoms with van der Waals surface area (Å²) in [5, 5.41) is 4.85. The standard InChI is InChI=1S/C35H38BrClN4O3S/c1-2-24-6-11-28(12-7-24)45-35(34(43)38-14-3-15-40-16-18-44-19-17-40)21-32(42)41(23-25-4-8-26(36)9-5-25)33(35)30-22-39-31-20-27(37)10-13-29(30)31/h4-13,20,22,33,39H,2-3,14-19,21,23H2,1H3,(H,38,43). The van der Waals surface area contributed by atoms with Gasteiger partial charge in [0.1, 0.15) is 4.75 Å². The minimum absolute atomic E-state index is 0.0487. The quantitative estimate of drug-likeness (QED) is 0.164. The number of rotatable bonds is 11. The molecule has 45 heavy (non-hydrogen) atoms. The molecule has 2 unspecified atom stereocenters. The van der Waals surface area contributed by atoms with Gasteiger partial charge in [0.2, 0.25) is 11.8 Å². The van der Waals surface area contributed by atoms with Crippen molar-refractivity contribution in [1.29, 1.82) is 0 Å². The molecule has 0 bridgehead atoms. The first-order valence-electron chi connectivity index (χ1n) is 15.5. The summed E-state index contributed by atoms with van der Waals surface area (Å²) in [6.45, 7) is 7.25. The van der Waals surface area contributed by atoms with Crippen molar-refractivity contribution in [2.75, 3.05) is 39.4 Å². The molecule has 0 radical (unpaired) electrons. The van der Waals surface area contributed by atoms with Crippen molar-refractivity contribution in [1.82, 2.24) is 20.1 Å². The molecule has 10 heteroatoms. The van der Waals surface area contributed by atoms with Crippen LogP contribution < -0.4 is 5.32 Å². The van der Waals surface area contributed by atoms with Crippen LogP contribution in [0.3, 0.4) is 0 Å². The minimum Gasteiger partial charge on any atom is -0.379 e. The molecule has 6 rings (SSSR count). The number of hydrogen-bond donors (Lipinski definition) is 2. The maximum atomic E-state index is 14.6. The second kappa shape index (κ2) is 14.3. The molecule has 0 saturated carbocycles. The number of nitrogens with zero attached hydrogens (tertiary/aromatic N) is 2. The van der Waals surface area contributed by atoms with Crippen LogP contribution in [-0.4, -0.2) is 70.7 Å². The molecule has 4 aromatic rings. The van der Waals surface area contributed by atoms with Crippen LogP contribution in [0.1, 0.15) is 42.5 Å². The normalized spacial score (nSPS) is 20.6. The van der Waals surface area contributed by atoms with Crippen LogP contribution in [0.4, 0.5) is 0 Å². The van der Waals surface area contributed by atoms with E-state index in [1.807, 2.05) is 53.6 Å². The Morgan fingerprint density at radius 3 is 2.56 bits per heavy atom. The first kappa shape index (κ1) is 32.1. The van der Waals surface area contributed by atoms with E-state index in [9.17, 15) is 9.59 Å². The molecule has 0 spiro atoms. The zero-order chi connectivity index (χ0) is 31.4. The number of aryl methyl sites for hydroxylation is 1. The second-order valence-electron chi connectivity index (χ2n) is 11.7. The van der Waals surface area contributed by atoms with Crippen molar-refractivity contribution >= 4 is 62.0 Å². The maximum Gasteiger partial charge on any atom is 0.239 e. The summed E-state index contributed by atoms with van der Waals surface area (Å²) < 4.78 is 5.36. The number of amides is 2. The van der Waals surface area contributed by atoms with E-state index in [0.717, 1.165) is 77.1 Å². The average molecular weight is 710 g/mol. The van der Waals surface area contributed by atoms with Crippen LogP contribution in [0.25, 0.3) is 10.9 Å². The summed E-state index contributed by atoms with van der Waals surface area (Å²) in [5.74, 6) is -0.165. The third kappa shape index (κ3) is 7.13. The summed E-state index contributed by atoms with van der Waals surface area (Å²) >= 11 is 11.4. The Hall–Kier alpha value is -2.82. The molecule has 0 aliphatic carbocycles. The van der Waals surface area contributed by atoms with E-state index < -0.39 is 10.8 Å². The molecule has 1 aromatic heterocycles. The summed E-state index contributed by atoms with van der Waals surface area (Å²) in [4.78, 5) is 37.4. The molecule has 2 aliphatic heterocycles. The summed E-state index contributed by atoms with van der Waals surface area (Å²) in [5.41, 5.74) is 4.01. The average Bonchev–Trinajstić information content (AvgIpc) is 3.58. The van der Waals surface area contributed by atoms with Crippen LogP contribution in [-0.2, 0) is 27.3 Å². The van der Waals surface area contributed by atoms with Gasteiger partial charge in [0, 0.05) is 63.2 Å². The molecular formula is C35H38BrClN4O3S. The van der Waals surface area contributed by atoms with Crippen LogP contribution >= 0.6 is 39.3 Å². The van der Waals surface area contributed by atoms with Gasteiger partial charge in [0.25, 0.3) is 0 Å². The smallest absolute Gasteiger partial charge is 0.239 e. The minimum atomic E-state index is -1.10.